The molecule has 6 heteroatoms. The Bertz CT molecular complexity index is 409. The molecule has 5 nitrogen and oxygen atoms in total. The van der Waals surface area contributed by atoms with Gasteiger partial charge < -0.3 is 15.2 Å². The number of ether oxygens (including phenoxy) is 1. The van der Waals surface area contributed by atoms with E-state index in [1.54, 1.807) is 5.38 Å². The fourth-order valence-corrected chi connectivity index (χ4v) is 2.33. The molecule has 0 spiro atoms. The van der Waals surface area contributed by atoms with Gasteiger partial charge in [-0.3, -0.25) is 4.79 Å². The standard InChI is InChI=1S/C10H11NO4S/c12-8(7-2-1-4-15-7)11-9-6(10(13)14)3-5-16-9/h3,5,7H,1-2,4H2,(H,11,12)(H,13,14). The number of carboxylic acids is 1. The zero-order valence-electron chi connectivity index (χ0n) is 8.43. The predicted octanol–water partition coefficient (Wildman–Crippen LogP) is 1.56. The van der Waals surface area contributed by atoms with E-state index in [4.69, 9.17) is 9.84 Å². The molecule has 1 aromatic rings. The Morgan fingerprint density at radius 2 is 2.38 bits per heavy atom. The van der Waals surface area contributed by atoms with Crippen molar-refractivity contribution in [1.29, 1.82) is 0 Å². The van der Waals surface area contributed by atoms with Crippen LogP contribution in [0.15, 0.2) is 11.4 Å². The average Bonchev–Trinajstić information content (AvgIpc) is 2.86. The maximum atomic E-state index is 11.7. The van der Waals surface area contributed by atoms with Gasteiger partial charge in [-0.2, -0.15) is 0 Å². The Kier molecular flexibility index (Phi) is 3.21. The highest BCUT2D eigenvalue weighted by Crippen LogP contribution is 2.24. The number of carboxylic acid groups (broad SMARTS) is 1. The number of carbonyl (C=O) groups excluding carboxylic acids is 1. The number of amides is 1. The summed E-state index contributed by atoms with van der Waals surface area (Å²) in [6.45, 7) is 0.592. The summed E-state index contributed by atoms with van der Waals surface area (Å²) in [5.74, 6) is -1.30. The van der Waals surface area contributed by atoms with Gasteiger partial charge in [0.05, 0.1) is 5.56 Å². The van der Waals surface area contributed by atoms with Gasteiger partial charge in [-0.15, -0.1) is 11.3 Å². The van der Waals surface area contributed by atoms with E-state index in [0.29, 0.717) is 18.0 Å². The van der Waals surface area contributed by atoms with E-state index >= 15 is 0 Å². The molecule has 0 radical (unpaired) electrons. The van der Waals surface area contributed by atoms with Crippen LogP contribution in [-0.2, 0) is 9.53 Å². The second-order valence-electron chi connectivity index (χ2n) is 3.46. The van der Waals surface area contributed by atoms with Crippen LogP contribution in [0, 0.1) is 0 Å². The van der Waals surface area contributed by atoms with Gasteiger partial charge in [0.25, 0.3) is 5.91 Å². The Morgan fingerprint density at radius 3 is 3.00 bits per heavy atom. The third-order valence-corrected chi connectivity index (χ3v) is 3.18. The molecular formula is C10H11NO4S. The normalized spacial score (nSPS) is 19.6. The smallest absolute Gasteiger partial charge is 0.338 e. The number of aromatic carboxylic acids is 1. The van der Waals surface area contributed by atoms with Crippen LogP contribution >= 0.6 is 11.3 Å². The van der Waals surface area contributed by atoms with Crippen molar-refractivity contribution < 1.29 is 19.4 Å². The Morgan fingerprint density at radius 1 is 1.56 bits per heavy atom. The molecule has 1 saturated heterocycles. The Hall–Kier alpha value is -1.40. The Balaban J connectivity index is 2.05. The highest BCUT2D eigenvalue weighted by molar-refractivity contribution is 7.14. The molecule has 1 unspecified atom stereocenters. The topological polar surface area (TPSA) is 75.6 Å². The zero-order valence-corrected chi connectivity index (χ0v) is 9.25. The molecule has 2 rings (SSSR count). The summed E-state index contributed by atoms with van der Waals surface area (Å²) in [6, 6.07) is 1.47. The molecule has 16 heavy (non-hydrogen) atoms. The van der Waals surface area contributed by atoms with Gasteiger partial charge in [-0.1, -0.05) is 0 Å². The zero-order chi connectivity index (χ0) is 11.5. The molecule has 86 valence electrons. The number of hydrogen-bond acceptors (Lipinski definition) is 4. The third kappa shape index (κ3) is 2.23. The van der Waals surface area contributed by atoms with E-state index < -0.39 is 12.1 Å². The van der Waals surface area contributed by atoms with Gasteiger partial charge in [-0.25, -0.2) is 4.79 Å². The van der Waals surface area contributed by atoms with Crippen molar-refractivity contribution in [2.75, 3.05) is 11.9 Å². The molecule has 1 aliphatic heterocycles. The summed E-state index contributed by atoms with van der Waals surface area (Å²) in [5.41, 5.74) is 0.122. The summed E-state index contributed by atoms with van der Waals surface area (Å²) in [6.07, 6.45) is 1.12. The lowest BCUT2D eigenvalue weighted by Gasteiger charge is -2.09. The van der Waals surface area contributed by atoms with E-state index in [9.17, 15) is 9.59 Å². The van der Waals surface area contributed by atoms with Gasteiger partial charge in [0, 0.05) is 6.61 Å². The average molecular weight is 241 g/mol. The van der Waals surface area contributed by atoms with Gasteiger partial charge in [0.15, 0.2) is 0 Å². The van der Waals surface area contributed by atoms with Crippen molar-refractivity contribution in [1.82, 2.24) is 0 Å². The first-order valence-electron chi connectivity index (χ1n) is 4.91. The fourth-order valence-electron chi connectivity index (χ4n) is 1.55. The van der Waals surface area contributed by atoms with Crippen molar-refractivity contribution in [2.24, 2.45) is 0 Å². The molecule has 0 saturated carbocycles. The summed E-state index contributed by atoms with van der Waals surface area (Å²) in [5, 5.41) is 13.4. The van der Waals surface area contributed by atoms with Crippen LogP contribution < -0.4 is 5.32 Å². The second kappa shape index (κ2) is 4.63. The molecular weight excluding hydrogens is 230 g/mol. The lowest BCUT2D eigenvalue weighted by molar-refractivity contribution is -0.124. The number of nitrogens with one attached hydrogen (secondary N) is 1. The lowest BCUT2D eigenvalue weighted by Crippen LogP contribution is -2.27. The number of thiophene rings is 1. The highest BCUT2D eigenvalue weighted by atomic mass is 32.1. The Labute approximate surface area is 96.0 Å². The van der Waals surface area contributed by atoms with E-state index in [0.717, 1.165) is 6.42 Å². The van der Waals surface area contributed by atoms with E-state index in [1.807, 2.05) is 0 Å². The lowest BCUT2D eigenvalue weighted by atomic mass is 10.2. The van der Waals surface area contributed by atoms with Gasteiger partial charge in [0.2, 0.25) is 0 Å². The molecule has 2 N–H and O–H groups in total. The largest absolute Gasteiger partial charge is 0.478 e. The minimum absolute atomic E-state index is 0.122. The molecule has 1 aromatic heterocycles. The monoisotopic (exact) mass is 241 g/mol. The predicted molar refractivity (Wildman–Crippen MR) is 58.9 cm³/mol. The number of carbonyl (C=O) groups is 2. The number of hydrogen-bond donors (Lipinski definition) is 2. The minimum Gasteiger partial charge on any atom is -0.478 e. The number of anilines is 1. The first-order chi connectivity index (χ1) is 7.68. The van der Waals surface area contributed by atoms with Crippen LogP contribution in [-0.4, -0.2) is 29.7 Å². The van der Waals surface area contributed by atoms with Crippen molar-refractivity contribution in [3.05, 3.63) is 17.0 Å². The SMILES string of the molecule is O=C(O)c1ccsc1NC(=O)C1CCCO1. The summed E-state index contributed by atoms with van der Waals surface area (Å²) in [4.78, 5) is 22.5. The van der Waals surface area contributed by atoms with Crippen LogP contribution in [0.2, 0.25) is 0 Å². The van der Waals surface area contributed by atoms with E-state index in [1.165, 1.54) is 17.4 Å². The maximum Gasteiger partial charge on any atom is 0.338 e. The van der Waals surface area contributed by atoms with Crippen molar-refractivity contribution >= 4 is 28.2 Å². The summed E-state index contributed by atoms with van der Waals surface area (Å²) in [7, 11) is 0. The molecule has 1 fully saturated rings. The van der Waals surface area contributed by atoms with Crippen molar-refractivity contribution in [3.63, 3.8) is 0 Å². The second-order valence-corrected chi connectivity index (χ2v) is 4.38. The molecule has 1 aliphatic rings. The van der Waals surface area contributed by atoms with Crippen molar-refractivity contribution in [2.45, 2.75) is 18.9 Å². The first-order valence-corrected chi connectivity index (χ1v) is 5.79. The number of rotatable bonds is 3. The van der Waals surface area contributed by atoms with Crippen LogP contribution in [0.25, 0.3) is 0 Å². The van der Waals surface area contributed by atoms with Crippen LogP contribution in [0.5, 0.6) is 0 Å². The summed E-state index contributed by atoms with van der Waals surface area (Å²) < 4.78 is 5.21. The van der Waals surface area contributed by atoms with E-state index in [-0.39, 0.29) is 11.5 Å². The van der Waals surface area contributed by atoms with Gasteiger partial charge >= 0.3 is 5.97 Å². The molecule has 0 aliphatic carbocycles. The quantitative estimate of drug-likeness (QED) is 0.842. The molecule has 1 amide bonds. The van der Waals surface area contributed by atoms with Crippen LogP contribution in [0.4, 0.5) is 5.00 Å². The molecule has 1 atom stereocenters. The molecule has 0 aromatic carbocycles. The summed E-state index contributed by atoms with van der Waals surface area (Å²) >= 11 is 1.20. The van der Waals surface area contributed by atoms with Crippen LogP contribution in [0.3, 0.4) is 0 Å². The van der Waals surface area contributed by atoms with Crippen LogP contribution in [0.1, 0.15) is 23.2 Å². The van der Waals surface area contributed by atoms with E-state index in [2.05, 4.69) is 5.32 Å². The van der Waals surface area contributed by atoms with Crippen molar-refractivity contribution in [3.8, 4) is 0 Å². The third-order valence-electron chi connectivity index (χ3n) is 2.35. The first kappa shape index (κ1) is 11.1. The highest BCUT2D eigenvalue weighted by Gasteiger charge is 2.25. The van der Waals surface area contributed by atoms with Gasteiger partial charge in [-0.05, 0) is 24.3 Å². The molecule has 0 bridgehead atoms. The maximum absolute atomic E-state index is 11.7. The fraction of sp³-hybridized carbons (Fsp3) is 0.400. The minimum atomic E-state index is -1.04. The van der Waals surface area contributed by atoms with Gasteiger partial charge in [0.1, 0.15) is 11.1 Å². The molecule has 2 heterocycles.